The van der Waals surface area contributed by atoms with Gasteiger partial charge in [0.1, 0.15) is 11.6 Å². The second-order valence-electron chi connectivity index (χ2n) is 6.04. The molecule has 0 fully saturated rings. The maximum Gasteiger partial charge on any atom is 0.408 e. The zero-order valence-electron chi connectivity index (χ0n) is 13.0. The quantitative estimate of drug-likeness (QED) is 0.824. The second-order valence-corrected chi connectivity index (χ2v) is 6.89. The van der Waals surface area contributed by atoms with Crippen LogP contribution in [-0.4, -0.2) is 35.6 Å². The number of fused-ring (bicyclic) bond motifs is 1. The van der Waals surface area contributed by atoms with Gasteiger partial charge >= 0.3 is 12.1 Å². The summed E-state index contributed by atoms with van der Waals surface area (Å²) in [7, 11) is 0. The van der Waals surface area contributed by atoms with E-state index in [1.807, 2.05) is 0 Å². The SMILES string of the molecule is CC(C)(C)OC(=O)NC(Cc1cc2c(cc1Br)OCO2)C(=O)O. The molecule has 126 valence electrons. The van der Waals surface area contributed by atoms with Crippen LogP contribution in [0.15, 0.2) is 16.6 Å². The Balaban J connectivity index is 2.11. The molecule has 23 heavy (non-hydrogen) atoms. The van der Waals surface area contributed by atoms with Crippen molar-refractivity contribution in [3.8, 4) is 11.5 Å². The topological polar surface area (TPSA) is 94.1 Å². The van der Waals surface area contributed by atoms with Crippen LogP contribution < -0.4 is 14.8 Å². The second kappa shape index (κ2) is 6.66. The van der Waals surface area contributed by atoms with Crippen molar-refractivity contribution in [3.63, 3.8) is 0 Å². The number of benzene rings is 1. The molecule has 0 spiro atoms. The number of halogens is 1. The number of hydrogen-bond donors (Lipinski definition) is 2. The molecule has 2 rings (SSSR count). The molecule has 7 nitrogen and oxygen atoms in total. The summed E-state index contributed by atoms with van der Waals surface area (Å²) in [5.74, 6) is -0.0161. The maximum absolute atomic E-state index is 11.8. The average molecular weight is 388 g/mol. The summed E-state index contributed by atoms with van der Waals surface area (Å²) in [5.41, 5.74) is -0.0235. The third kappa shape index (κ3) is 4.75. The number of hydrogen-bond acceptors (Lipinski definition) is 5. The van der Waals surface area contributed by atoms with Crippen LogP contribution in [0.2, 0.25) is 0 Å². The summed E-state index contributed by atoms with van der Waals surface area (Å²) in [4.78, 5) is 23.2. The lowest BCUT2D eigenvalue weighted by Crippen LogP contribution is -2.44. The Hall–Kier alpha value is -1.96. The Morgan fingerprint density at radius 2 is 1.96 bits per heavy atom. The number of ether oxygens (including phenoxy) is 3. The van der Waals surface area contributed by atoms with E-state index in [1.165, 1.54) is 0 Å². The third-order valence-corrected chi connectivity index (χ3v) is 3.69. The average Bonchev–Trinajstić information content (AvgIpc) is 2.82. The summed E-state index contributed by atoms with van der Waals surface area (Å²) >= 11 is 3.37. The molecule has 0 aliphatic carbocycles. The number of carboxylic acid groups (broad SMARTS) is 1. The normalized spacial score (nSPS) is 14.3. The van der Waals surface area contributed by atoms with E-state index in [-0.39, 0.29) is 13.2 Å². The Bertz CT molecular complexity index is 625. The summed E-state index contributed by atoms with van der Waals surface area (Å²) in [6.07, 6.45) is -0.701. The standard InChI is InChI=1S/C15H18BrNO6/c1-15(2,3)23-14(20)17-10(13(18)19)4-8-5-11-12(6-9(8)16)22-7-21-11/h5-6,10H,4,7H2,1-3H3,(H,17,20)(H,18,19). The van der Waals surface area contributed by atoms with Gasteiger partial charge in [0.2, 0.25) is 6.79 Å². The number of alkyl carbamates (subject to hydrolysis) is 1. The van der Waals surface area contributed by atoms with Gasteiger partial charge in [-0.05, 0) is 38.5 Å². The fourth-order valence-electron chi connectivity index (χ4n) is 1.99. The largest absolute Gasteiger partial charge is 0.480 e. The van der Waals surface area contributed by atoms with Crippen LogP contribution in [0.3, 0.4) is 0 Å². The fraction of sp³-hybridized carbons (Fsp3) is 0.467. The van der Waals surface area contributed by atoms with Gasteiger partial charge in [-0.25, -0.2) is 9.59 Å². The molecule has 1 aromatic rings. The van der Waals surface area contributed by atoms with E-state index < -0.39 is 23.7 Å². The van der Waals surface area contributed by atoms with Crippen LogP contribution >= 0.6 is 15.9 Å². The van der Waals surface area contributed by atoms with Gasteiger partial charge in [0, 0.05) is 10.9 Å². The molecular formula is C15H18BrNO6. The molecule has 1 aliphatic rings. The predicted octanol–water partition coefficient (Wildman–Crippen LogP) is 2.70. The maximum atomic E-state index is 11.8. The molecule has 1 aromatic carbocycles. The van der Waals surface area contributed by atoms with Crippen molar-refractivity contribution in [2.75, 3.05) is 6.79 Å². The minimum atomic E-state index is -1.15. The van der Waals surface area contributed by atoms with E-state index in [1.54, 1.807) is 32.9 Å². The van der Waals surface area contributed by atoms with Crippen LogP contribution in [0.1, 0.15) is 26.3 Å². The first kappa shape index (κ1) is 17.4. The molecule has 1 amide bonds. The summed E-state index contributed by atoms with van der Waals surface area (Å²) < 4.78 is 16.3. The van der Waals surface area contributed by atoms with E-state index in [2.05, 4.69) is 21.2 Å². The van der Waals surface area contributed by atoms with Crippen molar-refractivity contribution in [3.05, 3.63) is 22.2 Å². The van der Waals surface area contributed by atoms with Crippen LogP contribution in [0.25, 0.3) is 0 Å². The highest BCUT2D eigenvalue weighted by Gasteiger charge is 2.26. The van der Waals surface area contributed by atoms with Crippen LogP contribution in [0.4, 0.5) is 4.79 Å². The zero-order chi connectivity index (χ0) is 17.2. The van der Waals surface area contributed by atoms with Crippen molar-refractivity contribution in [1.29, 1.82) is 0 Å². The van der Waals surface area contributed by atoms with Gasteiger partial charge < -0.3 is 24.6 Å². The number of carboxylic acids is 1. The molecule has 1 aliphatic heterocycles. The number of carbonyl (C=O) groups is 2. The lowest BCUT2D eigenvalue weighted by atomic mass is 10.1. The molecular weight excluding hydrogens is 370 g/mol. The number of amides is 1. The first-order valence-electron chi connectivity index (χ1n) is 6.96. The molecule has 8 heteroatoms. The summed E-state index contributed by atoms with van der Waals surface area (Å²) in [5, 5.41) is 11.7. The van der Waals surface area contributed by atoms with Gasteiger partial charge in [0.15, 0.2) is 11.5 Å². The monoisotopic (exact) mass is 387 g/mol. The zero-order valence-corrected chi connectivity index (χ0v) is 14.6. The Morgan fingerprint density at radius 1 is 1.35 bits per heavy atom. The molecule has 0 aromatic heterocycles. The van der Waals surface area contributed by atoms with Gasteiger partial charge in [-0.1, -0.05) is 15.9 Å². The van der Waals surface area contributed by atoms with E-state index in [9.17, 15) is 14.7 Å². The molecule has 0 radical (unpaired) electrons. The minimum Gasteiger partial charge on any atom is -0.480 e. The molecule has 0 bridgehead atoms. The van der Waals surface area contributed by atoms with Crippen molar-refractivity contribution >= 4 is 28.0 Å². The Morgan fingerprint density at radius 3 is 2.52 bits per heavy atom. The lowest BCUT2D eigenvalue weighted by Gasteiger charge is -2.22. The van der Waals surface area contributed by atoms with Crippen LogP contribution in [0, 0.1) is 0 Å². The van der Waals surface area contributed by atoms with E-state index >= 15 is 0 Å². The summed E-state index contributed by atoms with van der Waals surface area (Å²) in [6.45, 7) is 5.24. The van der Waals surface area contributed by atoms with Crippen LogP contribution in [-0.2, 0) is 16.0 Å². The van der Waals surface area contributed by atoms with Gasteiger partial charge in [0.25, 0.3) is 0 Å². The molecule has 1 unspecified atom stereocenters. The molecule has 0 saturated carbocycles. The Kier molecular flexibility index (Phi) is 5.03. The van der Waals surface area contributed by atoms with Crippen molar-refractivity contribution in [1.82, 2.24) is 5.32 Å². The molecule has 1 atom stereocenters. The molecule has 1 heterocycles. The van der Waals surface area contributed by atoms with Gasteiger partial charge in [-0.3, -0.25) is 0 Å². The van der Waals surface area contributed by atoms with Crippen molar-refractivity contribution < 1.29 is 28.9 Å². The highest BCUT2D eigenvalue weighted by Crippen LogP contribution is 2.37. The number of nitrogens with one attached hydrogen (secondary N) is 1. The highest BCUT2D eigenvalue weighted by molar-refractivity contribution is 9.10. The molecule has 2 N–H and O–H groups in total. The minimum absolute atomic E-state index is 0.0752. The first-order valence-corrected chi connectivity index (χ1v) is 7.75. The van der Waals surface area contributed by atoms with Gasteiger partial charge in [-0.2, -0.15) is 0 Å². The third-order valence-electron chi connectivity index (χ3n) is 2.95. The van der Waals surface area contributed by atoms with Crippen molar-refractivity contribution in [2.45, 2.75) is 38.8 Å². The molecule has 0 saturated heterocycles. The number of carbonyl (C=O) groups excluding carboxylic acids is 1. The van der Waals surface area contributed by atoms with Gasteiger partial charge in [0.05, 0.1) is 0 Å². The van der Waals surface area contributed by atoms with Crippen molar-refractivity contribution in [2.24, 2.45) is 0 Å². The van der Waals surface area contributed by atoms with Crippen LogP contribution in [0.5, 0.6) is 11.5 Å². The van der Waals surface area contributed by atoms with E-state index in [0.29, 0.717) is 21.5 Å². The van der Waals surface area contributed by atoms with Gasteiger partial charge in [-0.15, -0.1) is 0 Å². The summed E-state index contributed by atoms with van der Waals surface area (Å²) in [6, 6.07) is 2.28. The smallest absolute Gasteiger partial charge is 0.408 e. The highest BCUT2D eigenvalue weighted by atomic mass is 79.9. The predicted molar refractivity (Wildman–Crippen MR) is 84.8 cm³/mol. The Labute approximate surface area is 142 Å². The number of aliphatic carboxylic acids is 1. The first-order chi connectivity index (χ1) is 10.7. The van der Waals surface area contributed by atoms with E-state index in [0.717, 1.165) is 0 Å². The van der Waals surface area contributed by atoms with E-state index in [4.69, 9.17) is 14.2 Å². The fourth-order valence-corrected chi connectivity index (χ4v) is 2.47. The lowest BCUT2D eigenvalue weighted by molar-refractivity contribution is -0.139. The number of rotatable bonds is 4.